The van der Waals surface area contributed by atoms with Crippen LogP contribution in [0.15, 0.2) is 46.5 Å². The summed E-state index contributed by atoms with van der Waals surface area (Å²) in [6.07, 6.45) is 4.89. The molecule has 0 unspecified atom stereocenters. The van der Waals surface area contributed by atoms with E-state index in [0.29, 0.717) is 5.95 Å². The normalized spacial score (nSPS) is 18.3. The van der Waals surface area contributed by atoms with Crippen molar-refractivity contribution in [2.45, 2.75) is 22.6 Å². The van der Waals surface area contributed by atoms with E-state index in [1.54, 1.807) is 0 Å². The van der Waals surface area contributed by atoms with Gasteiger partial charge in [-0.1, -0.05) is 12.1 Å². The van der Waals surface area contributed by atoms with Gasteiger partial charge in [-0.05, 0) is 55.4 Å². The van der Waals surface area contributed by atoms with Crippen LogP contribution < -0.4 is 4.90 Å². The highest BCUT2D eigenvalue weighted by Gasteiger charge is 2.21. The number of fused-ring (bicyclic) bond motifs is 1. The fourth-order valence-corrected chi connectivity index (χ4v) is 5.48. The van der Waals surface area contributed by atoms with E-state index in [0.717, 1.165) is 39.3 Å². The van der Waals surface area contributed by atoms with Crippen molar-refractivity contribution in [2.75, 3.05) is 44.2 Å². The summed E-state index contributed by atoms with van der Waals surface area (Å²) >= 11 is 3.71. The third-order valence-electron chi connectivity index (χ3n) is 4.58. The van der Waals surface area contributed by atoms with Crippen LogP contribution >= 0.6 is 23.9 Å². The number of hydrogen-bond donors (Lipinski definition) is 0. The van der Waals surface area contributed by atoms with E-state index in [1.807, 2.05) is 23.9 Å². The van der Waals surface area contributed by atoms with Crippen LogP contribution in [0.4, 0.5) is 10.3 Å². The van der Waals surface area contributed by atoms with Crippen LogP contribution in [-0.4, -0.2) is 57.8 Å². The Bertz CT molecular complexity index is 697. The molecule has 2 aliphatic rings. The maximum Gasteiger partial charge on any atom is 0.225 e. The minimum absolute atomic E-state index is 0.384. The van der Waals surface area contributed by atoms with Gasteiger partial charge in [0, 0.05) is 42.5 Å². The van der Waals surface area contributed by atoms with Crippen LogP contribution in [0, 0.1) is 5.82 Å². The molecule has 3 heterocycles. The first-order valence-electron chi connectivity index (χ1n) is 8.95. The van der Waals surface area contributed by atoms with Crippen LogP contribution in [0.3, 0.4) is 0 Å². The van der Waals surface area contributed by atoms with Crippen molar-refractivity contribution in [1.29, 1.82) is 0 Å². The number of unbranched alkanes of at least 4 members (excludes halogenated alkanes) is 1. The summed E-state index contributed by atoms with van der Waals surface area (Å²) in [6.45, 7) is 6.07. The average Bonchev–Trinajstić information content (AvgIpc) is 3.09. The summed E-state index contributed by atoms with van der Waals surface area (Å²) < 4.78 is 15.3. The molecule has 0 saturated carbocycles. The molecule has 1 fully saturated rings. The van der Waals surface area contributed by atoms with Crippen molar-refractivity contribution < 1.29 is 4.39 Å². The molecule has 0 amide bonds. The molecule has 4 rings (SSSR count). The lowest BCUT2D eigenvalue weighted by molar-refractivity contribution is 0.251. The zero-order valence-electron chi connectivity index (χ0n) is 14.6. The Morgan fingerprint density at radius 3 is 2.15 bits per heavy atom. The van der Waals surface area contributed by atoms with Gasteiger partial charge in [-0.15, -0.1) is 0 Å². The summed E-state index contributed by atoms with van der Waals surface area (Å²) in [4.78, 5) is 15.5. The maximum absolute atomic E-state index is 12.9. The number of nitrogens with zero attached hydrogens (tertiary/aromatic N) is 5. The SMILES string of the molecule is Fc1cnc(N2CCN(CCCCN3Sc4ccccc4S3)CC2)nc1. The molecular formula is C18H22FN5S2. The van der Waals surface area contributed by atoms with Gasteiger partial charge in [0.05, 0.1) is 12.4 Å². The van der Waals surface area contributed by atoms with Crippen LogP contribution in [0.5, 0.6) is 0 Å². The van der Waals surface area contributed by atoms with Crippen LogP contribution in [-0.2, 0) is 0 Å². The van der Waals surface area contributed by atoms with E-state index in [-0.39, 0.29) is 5.82 Å². The second kappa shape index (κ2) is 8.56. The molecule has 0 N–H and O–H groups in total. The first-order chi connectivity index (χ1) is 12.8. The smallest absolute Gasteiger partial charge is 0.225 e. The molecule has 1 aromatic carbocycles. The molecular weight excluding hydrogens is 369 g/mol. The van der Waals surface area contributed by atoms with Gasteiger partial charge in [-0.2, -0.15) is 3.71 Å². The third-order valence-corrected chi connectivity index (χ3v) is 7.03. The van der Waals surface area contributed by atoms with Crippen LogP contribution in [0.1, 0.15) is 12.8 Å². The number of hydrogen-bond acceptors (Lipinski definition) is 7. The summed E-state index contributed by atoms with van der Waals surface area (Å²) in [5, 5.41) is 0. The van der Waals surface area contributed by atoms with Crippen molar-refractivity contribution in [3.05, 3.63) is 42.5 Å². The number of piperazine rings is 1. The Morgan fingerprint density at radius 2 is 1.50 bits per heavy atom. The van der Waals surface area contributed by atoms with E-state index in [2.05, 4.69) is 47.7 Å². The van der Waals surface area contributed by atoms with E-state index in [9.17, 15) is 4.39 Å². The fraction of sp³-hybridized carbons (Fsp3) is 0.444. The highest BCUT2D eigenvalue weighted by Crippen LogP contribution is 2.45. The minimum Gasteiger partial charge on any atom is -0.338 e. The van der Waals surface area contributed by atoms with Gasteiger partial charge in [-0.3, -0.25) is 4.90 Å². The maximum atomic E-state index is 12.9. The third kappa shape index (κ3) is 4.49. The van der Waals surface area contributed by atoms with Gasteiger partial charge in [0.2, 0.25) is 5.95 Å². The van der Waals surface area contributed by atoms with Crippen molar-refractivity contribution in [3.63, 3.8) is 0 Å². The van der Waals surface area contributed by atoms with Gasteiger partial charge in [-0.25, -0.2) is 14.4 Å². The van der Waals surface area contributed by atoms with Crippen molar-refractivity contribution in [1.82, 2.24) is 18.6 Å². The number of benzene rings is 1. The molecule has 0 bridgehead atoms. The molecule has 0 aliphatic carbocycles. The van der Waals surface area contributed by atoms with Crippen LogP contribution in [0.2, 0.25) is 0 Å². The molecule has 138 valence electrons. The van der Waals surface area contributed by atoms with Crippen molar-refractivity contribution in [2.24, 2.45) is 0 Å². The van der Waals surface area contributed by atoms with E-state index in [1.165, 1.54) is 35.0 Å². The predicted molar refractivity (Wildman–Crippen MR) is 105 cm³/mol. The summed E-state index contributed by atoms with van der Waals surface area (Å²) in [7, 11) is 0. The molecule has 1 aromatic heterocycles. The Morgan fingerprint density at radius 1 is 0.885 bits per heavy atom. The van der Waals surface area contributed by atoms with Crippen LogP contribution in [0.25, 0.3) is 0 Å². The highest BCUT2D eigenvalue weighted by atomic mass is 32.2. The Kier molecular flexibility index (Phi) is 5.94. The molecule has 2 aromatic rings. The highest BCUT2D eigenvalue weighted by molar-refractivity contribution is 8.14. The molecule has 5 nitrogen and oxygen atoms in total. The van der Waals surface area contributed by atoms with Gasteiger partial charge in [0.1, 0.15) is 0 Å². The van der Waals surface area contributed by atoms with E-state index < -0.39 is 0 Å². The summed E-state index contributed by atoms with van der Waals surface area (Å²) in [5.74, 6) is 0.249. The summed E-state index contributed by atoms with van der Waals surface area (Å²) in [6, 6.07) is 8.59. The standard InChI is InChI=1S/C18H22FN5S2/c19-15-13-20-18(21-14-15)23-11-9-22(10-12-23)7-3-4-8-24-25-16-5-1-2-6-17(16)26-24/h1-2,5-6,13-14H,3-4,7-12H2. The second-order valence-corrected chi connectivity index (χ2v) is 8.78. The molecule has 8 heteroatoms. The topological polar surface area (TPSA) is 35.5 Å². The lowest BCUT2D eigenvalue weighted by atomic mass is 10.2. The Hall–Kier alpha value is -1.35. The van der Waals surface area contributed by atoms with E-state index in [4.69, 9.17) is 0 Å². The molecule has 0 spiro atoms. The first kappa shape index (κ1) is 18.0. The number of aromatic nitrogens is 2. The minimum atomic E-state index is -0.384. The van der Waals surface area contributed by atoms with Gasteiger partial charge in [0.15, 0.2) is 5.82 Å². The lowest BCUT2D eigenvalue weighted by Crippen LogP contribution is -2.47. The second-order valence-electron chi connectivity index (χ2n) is 6.42. The lowest BCUT2D eigenvalue weighted by Gasteiger charge is -2.34. The summed E-state index contributed by atoms with van der Waals surface area (Å²) in [5.41, 5.74) is 0. The van der Waals surface area contributed by atoms with Gasteiger partial charge < -0.3 is 4.90 Å². The Labute approximate surface area is 162 Å². The van der Waals surface area contributed by atoms with Gasteiger partial charge >= 0.3 is 0 Å². The quantitative estimate of drug-likeness (QED) is 0.550. The monoisotopic (exact) mass is 391 g/mol. The molecule has 26 heavy (non-hydrogen) atoms. The average molecular weight is 392 g/mol. The number of halogens is 1. The van der Waals surface area contributed by atoms with Crippen molar-refractivity contribution >= 4 is 29.8 Å². The molecule has 0 radical (unpaired) electrons. The molecule has 2 aliphatic heterocycles. The first-order valence-corrected chi connectivity index (χ1v) is 10.5. The molecule has 0 atom stereocenters. The van der Waals surface area contributed by atoms with Gasteiger partial charge in [0.25, 0.3) is 0 Å². The predicted octanol–water partition coefficient (Wildman–Crippen LogP) is 3.55. The molecule has 1 saturated heterocycles. The zero-order chi connectivity index (χ0) is 17.8. The largest absolute Gasteiger partial charge is 0.338 e. The number of anilines is 1. The fourth-order valence-electron chi connectivity index (χ4n) is 3.15. The Balaban J connectivity index is 1.13. The number of rotatable bonds is 6. The van der Waals surface area contributed by atoms with E-state index >= 15 is 0 Å². The van der Waals surface area contributed by atoms with Crippen molar-refractivity contribution in [3.8, 4) is 0 Å². The zero-order valence-corrected chi connectivity index (χ0v) is 16.2.